The van der Waals surface area contributed by atoms with E-state index in [1.807, 2.05) is 0 Å². The molecule has 2 rings (SSSR count). The van der Waals surface area contributed by atoms with E-state index in [4.69, 9.17) is 23.2 Å². The van der Waals surface area contributed by atoms with Gasteiger partial charge in [0, 0.05) is 0 Å². The minimum atomic E-state index is -3.97. The topological polar surface area (TPSA) is 89.3 Å². The maximum atomic E-state index is 12.1. The summed E-state index contributed by atoms with van der Waals surface area (Å²) >= 11 is 12.2. The maximum absolute atomic E-state index is 12.1. The highest BCUT2D eigenvalue weighted by Gasteiger charge is 2.29. The number of rotatable bonds is 4. The molecule has 0 radical (unpaired) electrons. The molecule has 0 aliphatic carbocycles. The van der Waals surface area contributed by atoms with E-state index in [2.05, 4.69) is 4.72 Å². The monoisotopic (exact) mass is 352 g/mol. The van der Waals surface area contributed by atoms with E-state index >= 15 is 0 Å². The molecule has 0 aliphatic heterocycles. The van der Waals surface area contributed by atoms with Crippen molar-refractivity contribution in [2.45, 2.75) is 4.90 Å². The summed E-state index contributed by atoms with van der Waals surface area (Å²) in [6, 6.07) is 7.43. The molecule has 1 N–H and O–H groups in total. The van der Waals surface area contributed by atoms with Gasteiger partial charge in [-0.15, -0.1) is 11.3 Å². The smallest absolute Gasteiger partial charge is 0.271 e. The van der Waals surface area contributed by atoms with Crippen LogP contribution < -0.4 is 4.72 Å². The van der Waals surface area contributed by atoms with E-state index < -0.39 is 20.6 Å². The molecular weight excluding hydrogens is 347 g/mol. The van der Waals surface area contributed by atoms with E-state index in [0.29, 0.717) is 0 Å². The molecule has 106 valence electrons. The number of hydrogen-bond donors (Lipinski definition) is 1. The van der Waals surface area contributed by atoms with E-state index in [0.717, 1.165) is 11.3 Å². The zero-order valence-electron chi connectivity index (χ0n) is 9.54. The Bertz CT molecular complexity index is 759. The van der Waals surface area contributed by atoms with Crippen LogP contribution in [0.5, 0.6) is 0 Å². The predicted molar refractivity (Wildman–Crippen MR) is 78.2 cm³/mol. The van der Waals surface area contributed by atoms with Crippen molar-refractivity contribution in [3.05, 3.63) is 49.1 Å². The molecule has 0 saturated carbocycles. The van der Waals surface area contributed by atoms with Crippen molar-refractivity contribution in [1.82, 2.24) is 0 Å². The first-order valence-electron chi connectivity index (χ1n) is 5.03. The van der Waals surface area contributed by atoms with Crippen LogP contribution in [0.3, 0.4) is 0 Å². The van der Waals surface area contributed by atoms with Crippen molar-refractivity contribution in [3.63, 3.8) is 0 Å². The lowest BCUT2D eigenvalue weighted by molar-refractivity contribution is -0.383. The Morgan fingerprint density at radius 3 is 2.30 bits per heavy atom. The summed E-state index contributed by atoms with van der Waals surface area (Å²) in [5.74, 6) is 0. The van der Waals surface area contributed by atoms with Crippen molar-refractivity contribution in [1.29, 1.82) is 0 Å². The summed E-state index contributed by atoms with van der Waals surface area (Å²) in [7, 11) is -3.97. The van der Waals surface area contributed by atoms with Crippen LogP contribution in [0.4, 0.5) is 11.4 Å². The second-order valence-electron chi connectivity index (χ2n) is 3.55. The molecule has 10 heteroatoms. The Balaban J connectivity index is 2.48. The number of nitrogens with one attached hydrogen (secondary N) is 1. The molecule has 0 spiro atoms. The fraction of sp³-hybridized carbons (Fsp3) is 0. The minimum absolute atomic E-state index is 0.0345. The summed E-state index contributed by atoms with van der Waals surface area (Å²) in [6.07, 6.45) is 0. The summed E-state index contributed by atoms with van der Waals surface area (Å²) in [5, 5.41) is 10.9. The lowest BCUT2D eigenvalue weighted by Gasteiger charge is -2.06. The number of thiophene rings is 1. The highest BCUT2D eigenvalue weighted by molar-refractivity contribution is 7.92. The molecule has 0 amide bonds. The molecule has 1 heterocycles. The van der Waals surface area contributed by atoms with Crippen LogP contribution in [0, 0.1) is 10.1 Å². The zero-order valence-corrected chi connectivity index (χ0v) is 12.7. The second-order valence-corrected chi connectivity index (χ2v) is 7.46. The van der Waals surface area contributed by atoms with Gasteiger partial charge in [-0.25, -0.2) is 8.42 Å². The van der Waals surface area contributed by atoms with Gasteiger partial charge < -0.3 is 0 Å². The first-order valence-corrected chi connectivity index (χ1v) is 8.08. The molecule has 0 unspecified atom stereocenters. The second kappa shape index (κ2) is 5.57. The van der Waals surface area contributed by atoms with Crippen LogP contribution in [0.15, 0.2) is 35.2 Å². The van der Waals surface area contributed by atoms with Gasteiger partial charge in [0.05, 0.1) is 9.82 Å². The number of nitrogens with zero attached hydrogens (tertiary/aromatic N) is 1. The SMILES string of the molecule is O=[N+]([O-])c1c(Cl)sc(Cl)c1NS(=O)(=O)c1ccccc1. The Kier molecular flexibility index (Phi) is 4.19. The minimum Gasteiger partial charge on any atom is -0.271 e. The molecule has 2 aromatic rings. The van der Waals surface area contributed by atoms with Gasteiger partial charge in [0.15, 0.2) is 10.0 Å². The molecule has 0 bridgehead atoms. The first-order chi connectivity index (χ1) is 9.33. The number of benzene rings is 1. The molecule has 1 aromatic carbocycles. The van der Waals surface area contributed by atoms with Crippen LogP contribution in [-0.4, -0.2) is 13.3 Å². The third-order valence-electron chi connectivity index (χ3n) is 2.27. The van der Waals surface area contributed by atoms with Crippen LogP contribution in [0.2, 0.25) is 8.67 Å². The van der Waals surface area contributed by atoms with Crippen LogP contribution >= 0.6 is 34.5 Å². The summed E-state index contributed by atoms with van der Waals surface area (Å²) < 4.78 is 26.0. The molecule has 0 aliphatic rings. The number of sulfonamides is 1. The fourth-order valence-corrected chi connectivity index (χ4v) is 4.20. The molecular formula is C10H6Cl2N2O4S2. The zero-order chi connectivity index (χ0) is 14.9. The fourth-order valence-electron chi connectivity index (χ4n) is 1.41. The van der Waals surface area contributed by atoms with E-state index in [1.165, 1.54) is 24.3 Å². The lowest BCUT2D eigenvalue weighted by atomic mass is 10.4. The van der Waals surface area contributed by atoms with Gasteiger partial charge in [-0.3, -0.25) is 14.8 Å². The van der Waals surface area contributed by atoms with Crippen LogP contribution in [-0.2, 0) is 10.0 Å². The lowest BCUT2D eigenvalue weighted by Crippen LogP contribution is -2.13. The number of halogens is 2. The van der Waals surface area contributed by atoms with Gasteiger partial charge in [0.2, 0.25) is 0 Å². The Morgan fingerprint density at radius 2 is 1.75 bits per heavy atom. The maximum Gasteiger partial charge on any atom is 0.324 e. The normalized spacial score (nSPS) is 11.3. The van der Waals surface area contributed by atoms with Gasteiger partial charge in [0.1, 0.15) is 4.34 Å². The standard InChI is InChI=1S/C10H6Cl2N2O4S2/c11-9-7(8(14(15)16)10(12)19-9)13-20(17,18)6-4-2-1-3-5-6/h1-5,13H. The first kappa shape index (κ1) is 15.0. The Morgan fingerprint density at radius 1 is 1.15 bits per heavy atom. The molecule has 0 fully saturated rings. The summed E-state index contributed by atoms with van der Waals surface area (Å²) in [4.78, 5) is 10.1. The van der Waals surface area contributed by atoms with Crippen LogP contribution in [0.25, 0.3) is 0 Å². The van der Waals surface area contributed by atoms with Gasteiger partial charge in [-0.2, -0.15) is 0 Å². The Hall–Kier alpha value is -1.35. The van der Waals surface area contributed by atoms with Crippen molar-refractivity contribution in [3.8, 4) is 0 Å². The van der Waals surface area contributed by atoms with E-state index in [-0.39, 0.29) is 19.3 Å². The largest absolute Gasteiger partial charge is 0.324 e. The number of anilines is 1. The third-order valence-corrected chi connectivity index (χ3v) is 5.22. The van der Waals surface area contributed by atoms with Crippen molar-refractivity contribution in [2.24, 2.45) is 0 Å². The van der Waals surface area contributed by atoms with Crippen molar-refractivity contribution in [2.75, 3.05) is 4.72 Å². The highest BCUT2D eigenvalue weighted by atomic mass is 35.5. The van der Waals surface area contributed by atoms with Crippen molar-refractivity contribution < 1.29 is 13.3 Å². The molecule has 6 nitrogen and oxygen atoms in total. The predicted octanol–water partition coefficient (Wildman–Crippen LogP) is 3.76. The highest BCUT2D eigenvalue weighted by Crippen LogP contribution is 2.46. The van der Waals surface area contributed by atoms with Crippen LogP contribution in [0.1, 0.15) is 0 Å². The number of nitro groups is 1. The summed E-state index contributed by atoms with van der Waals surface area (Å²) in [5.41, 5.74) is -0.878. The van der Waals surface area contributed by atoms with Gasteiger partial charge in [-0.1, -0.05) is 41.4 Å². The molecule has 20 heavy (non-hydrogen) atoms. The third kappa shape index (κ3) is 2.88. The van der Waals surface area contributed by atoms with E-state index in [9.17, 15) is 18.5 Å². The average molecular weight is 353 g/mol. The van der Waals surface area contributed by atoms with Gasteiger partial charge in [0.25, 0.3) is 10.0 Å². The number of hydrogen-bond acceptors (Lipinski definition) is 5. The van der Waals surface area contributed by atoms with E-state index in [1.54, 1.807) is 6.07 Å². The molecule has 0 atom stereocenters. The van der Waals surface area contributed by atoms with Gasteiger partial charge in [-0.05, 0) is 12.1 Å². The quantitative estimate of drug-likeness (QED) is 0.669. The summed E-state index contributed by atoms with van der Waals surface area (Å²) in [6.45, 7) is 0. The average Bonchev–Trinajstić information content (AvgIpc) is 2.64. The Labute approximate surface area is 128 Å². The molecule has 0 saturated heterocycles. The molecule has 1 aromatic heterocycles. The van der Waals surface area contributed by atoms with Crippen molar-refractivity contribution >= 4 is 55.9 Å². The van der Waals surface area contributed by atoms with Gasteiger partial charge >= 0.3 is 5.69 Å².